The van der Waals surface area contributed by atoms with Crippen molar-refractivity contribution in [2.75, 3.05) is 0 Å². The van der Waals surface area contributed by atoms with Gasteiger partial charge in [0.25, 0.3) is 0 Å². The third kappa shape index (κ3) is 6.33. The zero-order valence-electron chi connectivity index (χ0n) is 34.5. The Balaban J connectivity index is 0.885. The highest BCUT2D eigenvalue weighted by atomic mass is 35.5. The maximum absolute atomic E-state index is 6.51. The molecule has 2 aromatic heterocycles. The van der Waals surface area contributed by atoms with Gasteiger partial charge in [-0.05, 0) is 96.6 Å². The second-order valence-electron chi connectivity index (χ2n) is 16.8. The first-order valence-electron chi connectivity index (χ1n) is 21.4. The van der Waals surface area contributed by atoms with Crippen LogP contribution in [0, 0.1) is 0 Å². The molecule has 11 aromatic rings. The molecule has 0 amide bonds. The summed E-state index contributed by atoms with van der Waals surface area (Å²) < 4.78 is 0. The van der Waals surface area contributed by atoms with E-state index in [4.69, 9.17) is 16.6 Å². The van der Waals surface area contributed by atoms with Gasteiger partial charge in [-0.3, -0.25) is 0 Å². The second-order valence-corrected chi connectivity index (χ2v) is 17.2. The molecule has 4 nitrogen and oxygen atoms in total. The van der Waals surface area contributed by atoms with Crippen molar-refractivity contribution in [3.63, 3.8) is 0 Å². The standard InChI is InChI=1S/C58H39ClN4/c1-58(50-32-30-40-14-5-6-16-45(40)53(50)49-31-29-44(34-51(49)58)46-18-10-19-48-47-17-7-8-20-52(47)60-54(46)48)35-36-11-9-15-43(33-36)39-23-27-42(28-24-39)56-61-55(62-57(59)63-56)41-25-21-38(22-26-41)37-12-3-2-4-13-37/h2-34,60H,35H2,1H3. The fourth-order valence-corrected chi connectivity index (χ4v) is 10.1. The van der Waals surface area contributed by atoms with Gasteiger partial charge in [-0.1, -0.05) is 195 Å². The molecule has 1 unspecified atom stereocenters. The number of para-hydroxylation sites is 2. The molecule has 1 aliphatic carbocycles. The van der Waals surface area contributed by atoms with Gasteiger partial charge in [0.15, 0.2) is 11.6 Å². The smallest absolute Gasteiger partial charge is 0.226 e. The molecule has 5 heteroatoms. The van der Waals surface area contributed by atoms with Crippen LogP contribution >= 0.6 is 11.6 Å². The minimum Gasteiger partial charge on any atom is -0.354 e. The quantitative estimate of drug-likeness (QED) is 0.174. The molecular weight excluding hydrogens is 788 g/mol. The molecule has 0 saturated carbocycles. The molecule has 12 rings (SSSR count). The summed E-state index contributed by atoms with van der Waals surface area (Å²) in [6.07, 6.45) is 0.843. The minimum absolute atomic E-state index is 0.164. The Labute approximate surface area is 370 Å². The van der Waals surface area contributed by atoms with Gasteiger partial charge < -0.3 is 4.98 Å². The van der Waals surface area contributed by atoms with Crippen LogP contribution in [0.2, 0.25) is 5.28 Å². The van der Waals surface area contributed by atoms with Crippen molar-refractivity contribution in [1.29, 1.82) is 0 Å². The lowest BCUT2D eigenvalue weighted by Crippen LogP contribution is -2.24. The first-order chi connectivity index (χ1) is 31.0. The van der Waals surface area contributed by atoms with Gasteiger partial charge >= 0.3 is 0 Å². The van der Waals surface area contributed by atoms with Crippen LogP contribution in [0.15, 0.2) is 200 Å². The SMILES string of the molecule is CC1(Cc2cccc(-c3ccc(-c4nc(Cl)nc(-c5ccc(-c6ccccc6)cc5)n4)cc3)c2)c2cc(-c3cccc4c3[nH]c3ccccc34)ccc2-c2c1ccc1ccccc21. The minimum atomic E-state index is -0.279. The topological polar surface area (TPSA) is 54.5 Å². The predicted molar refractivity (Wildman–Crippen MR) is 261 cm³/mol. The fraction of sp³-hybridized carbons (Fsp3) is 0.0517. The molecule has 0 radical (unpaired) electrons. The molecule has 1 N–H and O–H groups in total. The lowest BCUT2D eigenvalue weighted by molar-refractivity contribution is 0.583. The summed E-state index contributed by atoms with van der Waals surface area (Å²) in [6.45, 7) is 2.44. The summed E-state index contributed by atoms with van der Waals surface area (Å²) in [5.41, 5.74) is 17.5. The first-order valence-corrected chi connectivity index (χ1v) is 21.8. The maximum Gasteiger partial charge on any atom is 0.226 e. The summed E-state index contributed by atoms with van der Waals surface area (Å²) in [6, 6.07) is 71.9. The molecule has 2 heterocycles. The van der Waals surface area contributed by atoms with Gasteiger partial charge in [-0.25, -0.2) is 4.98 Å². The number of hydrogen-bond donors (Lipinski definition) is 1. The van der Waals surface area contributed by atoms with Crippen LogP contribution in [0.25, 0.3) is 99.9 Å². The van der Waals surface area contributed by atoms with E-state index in [1.54, 1.807) is 0 Å². The molecule has 0 bridgehead atoms. The molecule has 63 heavy (non-hydrogen) atoms. The fourth-order valence-electron chi connectivity index (χ4n) is 9.99. The van der Waals surface area contributed by atoms with Crippen molar-refractivity contribution in [3.8, 4) is 67.3 Å². The van der Waals surface area contributed by atoms with Crippen molar-refractivity contribution in [3.05, 3.63) is 222 Å². The van der Waals surface area contributed by atoms with Gasteiger partial charge in [-0.15, -0.1) is 0 Å². The van der Waals surface area contributed by atoms with Crippen LogP contribution in [0.1, 0.15) is 23.6 Å². The Bertz CT molecular complexity index is 3560. The normalized spacial score (nSPS) is 14.3. The molecule has 9 aromatic carbocycles. The molecular formula is C58H39ClN4. The van der Waals surface area contributed by atoms with Gasteiger partial charge in [0.1, 0.15) is 0 Å². The number of nitrogens with one attached hydrogen (secondary N) is 1. The lowest BCUT2D eigenvalue weighted by Gasteiger charge is -2.28. The average molecular weight is 827 g/mol. The van der Waals surface area contributed by atoms with Crippen LogP contribution in [0.3, 0.4) is 0 Å². The number of benzene rings is 9. The van der Waals surface area contributed by atoms with E-state index in [9.17, 15) is 0 Å². The number of halogens is 1. The Morgan fingerprint density at radius 1 is 0.444 bits per heavy atom. The van der Waals surface area contributed by atoms with Crippen molar-refractivity contribution in [2.24, 2.45) is 0 Å². The number of aromatic amines is 1. The van der Waals surface area contributed by atoms with Crippen molar-refractivity contribution < 1.29 is 0 Å². The van der Waals surface area contributed by atoms with Crippen LogP contribution in [0.5, 0.6) is 0 Å². The number of aromatic nitrogens is 4. The largest absolute Gasteiger partial charge is 0.354 e. The Kier molecular flexibility index (Phi) is 8.70. The first kappa shape index (κ1) is 37.1. The van der Waals surface area contributed by atoms with E-state index in [2.05, 4.69) is 192 Å². The zero-order chi connectivity index (χ0) is 42.1. The number of fused-ring (bicyclic) bond motifs is 8. The van der Waals surface area contributed by atoms with Crippen LogP contribution in [0.4, 0.5) is 0 Å². The predicted octanol–water partition coefficient (Wildman–Crippen LogP) is 15.2. The molecule has 0 spiro atoms. The molecule has 0 aliphatic heterocycles. The molecule has 298 valence electrons. The summed E-state index contributed by atoms with van der Waals surface area (Å²) in [5.74, 6) is 1.08. The number of H-pyrrole nitrogens is 1. The Hall–Kier alpha value is -7.66. The maximum atomic E-state index is 6.51. The molecule has 1 atom stereocenters. The lowest BCUT2D eigenvalue weighted by atomic mass is 9.74. The highest BCUT2D eigenvalue weighted by Crippen LogP contribution is 2.54. The van der Waals surface area contributed by atoms with Gasteiger partial charge in [0.2, 0.25) is 5.28 Å². The van der Waals surface area contributed by atoms with Crippen LogP contribution in [-0.2, 0) is 11.8 Å². The summed E-state index contributed by atoms with van der Waals surface area (Å²) in [4.78, 5) is 17.6. The van der Waals surface area contributed by atoms with Gasteiger partial charge in [0, 0.05) is 38.4 Å². The molecule has 1 aliphatic rings. The highest BCUT2D eigenvalue weighted by molar-refractivity contribution is 6.28. The average Bonchev–Trinajstić information content (AvgIpc) is 3.84. The highest BCUT2D eigenvalue weighted by Gasteiger charge is 2.40. The van der Waals surface area contributed by atoms with E-state index in [0.717, 1.165) is 45.3 Å². The zero-order valence-corrected chi connectivity index (χ0v) is 35.2. The summed E-state index contributed by atoms with van der Waals surface area (Å²) >= 11 is 6.51. The van der Waals surface area contributed by atoms with E-state index in [1.807, 2.05) is 30.3 Å². The molecule has 0 saturated heterocycles. The number of rotatable bonds is 7. The van der Waals surface area contributed by atoms with Gasteiger partial charge in [0.05, 0.1) is 5.52 Å². The Morgan fingerprint density at radius 3 is 1.83 bits per heavy atom. The van der Waals surface area contributed by atoms with E-state index < -0.39 is 0 Å². The number of nitrogens with zero attached hydrogens (tertiary/aromatic N) is 3. The van der Waals surface area contributed by atoms with Crippen LogP contribution in [-0.4, -0.2) is 19.9 Å². The Morgan fingerprint density at radius 2 is 1.05 bits per heavy atom. The summed E-state index contributed by atoms with van der Waals surface area (Å²) in [7, 11) is 0. The number of hydrogen-bond acceptors (Lipinski definition) is 3. The van der Waals surface area contributed by atoms with Crippen molar-refractivity contribution >= 4 is 44.2 Å². The third-order valence-corrected chi connectivity index (χ3v) is 13.2. The third-order valence-electron chi connectivity index (χ3n) is 13.1. The monoisotopic (exact) mass is 826 g/mol. The van der Waals surface area contributed by atoms with Gasteiger partial charge in [-0.2, -0.15) is 9.97 Å². The van der Waals surface area contributed by atoms with E-state index in [-0.39, 0.29) is 10.7 Å². The van der Waals surface area contributed by atoms with Crippen molar-refractivity contribution in [2.45, 2.75) is 18.8 Å². The second kappa shape index (κ2) is 14.8. The van der Waals surface area contributed by atoms with E-state index in [1.165, 1.54) is 66.0 Å². The summed E-state index contributed by atoms with van der Waals surface area (Å²) in [5, 5.41) is 5.22. The van der Waals surface area contributed by atoms with E-state index >= 15 is 0 Å². The van der Waals surface area contributed by atoms with Crippen molar-refractivity contribution in [1.82, 2.24) is 19.9 Å². The van der Waals surface area contributed by atoms with Crippen LogP contribution < -0.4 is 0 Å². The molecule has 0 fully saturated rings. The van der Waals surface area contributed by atoms with E-state index in [0.29, 0.717) is 11.6 Å².